The summed E-state index contributed by atoms with van der Waals surface area (Å²) in [7, 11) is 3.16. The van der Waals surface area contributed by atoms with Gasteiger partial charge in [0.2, 0.25) is 11.9 Å². The third kappa shape index (κ3) is 3.70. The minimum absolute atomic E-state index is 0.00698. The summed E-state index contributed by atoms with van der Waals surface area (Å²) in [5.41, 5.74) is 2.57. The summed E-state index contributed by atoms with van der Waals surface area (Å²) in [5.74, 6) is 1.87. The molecule has 0 bridgehead atoms. The molecule has 0 aliphatic carbocycles. The number of methoxy groups -OCH3 is 2. The summed E-state index contributed by atoms with van der Waals surface area (Å²) < 4.78 is 12.6. The zero-order valence-electron chi connectivity index (χ0n) is 16.9. The Balaban J connectivity index is 1.50. The highest BCUT2D eigenvalue weighted by Gasteiger charge is 2.28. The van der Waals surface area contributed by atoms with Gasteiger partial charge in [0.15, 0.2) is 17.1 Å². The summed E-state index contributed by atoms with van der Waals surface area (Å²) in [6, 6.07) is 11.3. The maximum Gasteiger partial charge on any atom is 0.231 e. The van der Waals surface area contributed by atoms with Crippen LogP contribution in [0.2, 0.25) is 0 Å². The SMILES string of the molecule is COc1ccc(NC(=O)[C@@H]2CCCN(c3nnc4cccc(C)n34)C2)cc1OC. The van der Waals surface area contributed by atoms with Crippen LogP contribution < -0.4 is 19.7 Å². The minimum Gasteiger partial charge on any atom is -0.493 e. The van der Waals surface area contributed by atoms with E-state index in [0.717, 1.165) is 36.7 Å². The Hall–Kier alpha value is -3.29. The van der Waals surface area contributed by atoms with Crippen molar-refractivity contribution >= 4 is 23.2 Å². The maximum atomic E-state index is 12.9. The predicted molar refractivity (Wildman–Crippen MR) is 111 cm³/mol. The Morgan fingerprint density at radius 1 is 1.14 bits per heavy atom. The standard InChI is InChI=1S/C21H25N5O3/c1-14-6-4-8-19-23-24-21(26(14)19)25-11-5-7-15(13-25)20(27)22-16-9-10-17(28-2)18(12-16)29-3/h4,6,8-10,12,15H,5,7,11,13H2,1-3H3,(H,22,27)/t15-/m1/s1. The normalized spacial score (nSPS) is 16.7. The van der Waals surface area contributed by atoms with Crippen LogP contribution in [0.4, 0.5) is 11.6 Å². The number of hydrogen-bond donors (Lipinski definition) is 1. The van der Waals surface area contributed by atoms with Crippen LogP contribution in [-0.4, -0.2) is 47.8 Å². The number of hydrogen-bond acceptors (Lipinski definition) is 6. The van der Waals surface area contributed by atoms with Crippen molar-refractivity contribution in [2.75, 3.05) is 37.5 Å². The van der Waals surface area contributed by atoms with E-state index < -0.39 is 0 Å². The van der Waals surface area contributed by atoms with Crippen LogP contribution in [0.25, 0.3) is 5.65 Å². The highest BCUT2D eigenvalue weighted by atomic mass is 16.5. The van der Waals surface area contributed by atoms with Gasteiger partial charge in [-0.1, -0.05) is 6.07 Å². The first-order chi connectivity index (χ1) is 14.1. The number of nitrogens with zero attached hydrogens (tertiary/aromatic N) is 4. The molecule has 1 aromatic carbocycles. The minimum atomic E-state index is -0.131. The van der Waals surface area contributed by atoms with Gasteiger partial charge in [0.25, 0.3) is 0 Å². The van der Waals surface area contributed by atoms with Gasteiger partial charge in [-0.3, -0.25) is 9.20 Å². The molecule has 8 heteroatoms. The quantitative estimate of drug-likeness (QED) is 0.715. The van der Waals surface area contributed by atoms with E-state index in [-0.39, 0.29) is 11.8 Å². The van der Waals surface area contributed by atoms with Gasteiger partial charge in [-0.15, -0.1) is 10.2 Å². The van der Waals surface area contributed by atoms with E-state index in [0.29, 0.717) is 23.7 Å². The van der Waals surface area contributed by atoms with Crippen LogP contribution in [0.3, 0.4) is 0 Å². The Kier molecular flexibility index (Phi) is 5.24. The highest BCUT2D eigenvalue weighted by Crippen LogP contribution is 2.30. The number of anilines is 2. The maximum absolute atomic E-state index is 12.9. The zero-order chi connectivity index (χ0) is 20.4. The lowest BCUT2D eigenvalue weighted by Gasteiger charge is -2.32. The Morgan fingerprint density at radius 2 is 1.97 bits per heavy atom. The molecule has 0 spiro atoms. The van der Waals surface area contributed by atoms with Crippen molar-refractivity contribution in [1.82, 2.24) is 14.6 Å². The average Bonchev–Trinajstić information content (AvgIpc) is 3.19. The van der Waals surface area contributed by atoms with E-state index in [1.54, 1.807) is 26.4 Å². The van der Waals surface area contributed by atoms with Gasteiger partial charge in [-0.25, -0.2) is 0 Å². The van der Waals surface area contributed by atoms with Crippen LogP contribution in [0.1, 0.15) is 18.5 Å². The molecule has 4 rings (SSSR count). The molecule has 1 N–H and O–H groups in total. The van der Waals surface area contributed by atoms with Crippen LogP contribution in [-0.2, 0) is 4.79 Å². The number of aromatic nitrogens is 3. The largest absolute Gasteiger partial charge is 0.493 e. The number of carbonyl (C=O) groups excluding carboxylic acids is 1. The molecule has 2 aromatic heterocycles. The van der Waals surface area contributed by atoms with Crippen molar-refractivity contribution in [2.45, 2.75) is 19.8 Å². The highest BCUT2D eigenvalue weighted by molar-refractivity contribution is 5.93. The van der Waals surface area contributed by atoms with E-state index in [1.807, 2.05) is 35.6 Å². The summed E-state index contributed by atoms with van der Waals surface area (Å²) in [6.45, 7) is 3.49. The molecule has 8 nitrogen and oxygen atoms in total. The molecule has 3 aromatic rings. The Labute approximate surface area is 169 Å². The second-order valence-electron chi connectivity index (χ2n) is 7.20. The smallest absolute Gasteiger partial charge is 0.231 e. The molecule has 29 heavy (non-hydrogen) atoms. The van der Waals surface area contributed by atoms with E-state index in [2.05, 4.69) is 20.4 Å². The van der Waals surface area contributed by atoms with Gasteiger partial charge >= 0.3 is 0 Å². The van der Waals surface area contributed by atoms with Gasteiger partial charge < -0.3 is 19.7 Å². The molecule has 1 atom stereocenters. The number of rotatable bonds is 5. The number of nitrogens with one attached hydrogen (secondary N) is 1. The van der Waals surface area contributed by atoms with Crippen molar-refractivity contribution < 1.29 is 14.3 Å². The molecule has 0 saturated carbocycles. The number of amides is 1. The van der Waals surface area contributed by atoms with E-state index in [9.17, 15) is 4.79 Å². The molecule has 1 fully saturated rings. The summed E-state index contributed by atoms with van der Waals surface area (Å²) in [5, 5.41) is 11.7. The number of benzene rings is 1. The third-order valence-corrected chi connectivity index (χ3v) is 5.33. The summed E-state index contributed by atoms with van der Waals surface area (Å²) in [6.07, 6.45) is 1.76. The van der Waals surface area contributed by atoms with Crippen molar-refractivity contribution in [2.24, 2.45) is 5.92 Å². The van der Waals surface area contributed by atoms with Crippen molar-refractivity contribution in [3.05, 3.63) is 42.1 Å². The number of piperidine rings is 1. The van der Waals surface area contributed by atoms with Crippen LogP contribution in [0, 0.1) is 12.8 Å². The summed E-state index contributed by atoms with van der Waals surface area (Å²) >= 11 is 0. The Bertz CT molecular complexity index is 1030. The zero-order valence-corrected chi connectivity index (χ0v) is 16.9. The fourth-order valence-corrected chi connectivity index (χ4v) is 3.82. The molecular formula is C21H25N5O3. The second-order valence-corrected chi connectivity index (χ2v) is 7.20. The molecule has 3 heterocycles. The number of pyridine rings is 1. The number of fused-ring (bicyclic) bond motifs is 1. The molecule has 1 aliphatic rings. The third-order valence-electron chi connectivity index (χ3n) is 5.33. The van der Waals surface area contributed by atoms with Gasteiger partial charge in [-0.05, 0) is 44.0 Å². The van der Waals surface area contributed by atoms with Crippen LogP contribution >= 0.6 is 0 Å². The first-order valence-electron chi connectivity index (χ1n) is 9.69. The fraction of sp³-hybridized carbons (Fsp3) is 0.381. The molecular weight excluding hydrogens is 370 g/mol. The average molecular weight is 395 g/mol. The van der Waals surface area contributed by atoms with Gasteiger partial charge in [0.05, 0.1) is 20.1 Å². The van der Waals surface area contributed by atoms with Gasteiger partial charge in [0.1, 0.15) is 0 Å². The molecule has 152 valence electrons. The van der Waals surface area contributed by atoms with Gasteiger partial charge in [-0.2, -0.15) is 0 Å². The van der Waals surface area contributed by atoms with Crippen molar-refractivity contribution in [3.63, 3.8) is 0 Å². The first-order valence-corrected chi connectivity index (χ1v) is 9.69. The molecule has 1 amide bonds. The topological polar surface area (TPSA) is 81.0 Å². The Morgan fingerprint density at radius 3 is 2.76 bits per heavy atom. The first kappa shape index (κ1) is 19.0. The fourth-order valence-electron chi connectivity index (χ4n) is 3.82. The molecule has 1 saturated heterocycles. The summed E-state index contributed by atoms with van der Waals surface area (Å²) in [4.78, 5) is 15.1. The van der Waals surface area contributed by atoms with Crippen LogP contribution in [0.5, 0.6) is 11.5 Å². The van der Waals surface area contributed by atoms with Crippen LogP contribution in [0.15, 0.2) is 36.4 Å². The van der Waals surface area contributed by atoms with Gasteiger partial charge in [0, 0.05) is 30.5 Å². The molecule has 1 aliphatic heterocycles. The molecule has 0 radical (unpaired) electrons. The van der Waals surface area contributed by atoms with Crippen molar-refractivity contribution in [1.29, 1.82) is 0 Å². The number of aryl methyl sites for hydroxylation is 1. The lowest BCUT2D eigenvalue weighted by molar-refractivity contribution is -0.120. The van der Waals surface area contributed by atoms with E-state index in [1.165, 1.54) is 0 Å². The molecule has 0 unspecified atom stereocenters. The monoisotopic (exact) mass is 395 g/mol. The van der Waals surface area contributed by atoms with E-state index in [4.69, 9.17) is 9.47 Å². The number of ether oxygens (including phenoxy) is 2. The lowest BCUT2D eigenvalue weighted by atomic mass is 9.97. The lowest BCUT2D eigenvalue weighted by Crippen LogP contribution is -2.41. The number of carbonyl (C=O) groups is 1. The second kappa shape index (κ2) is 7.98. The van der Waals surface area contributed by atoms with E-state index >= 15 is 0 Å². The van der Waals surface area contributed by atoms with Crippen molar-refractivity contribution in [3.8, 4) is 11.5 Å². The predicted octanol–water partition coefficient (Wildman–Crippen LogP) is 2.91.